The first kappa shape index (κ1) is 17.0. The van der Waals surface area contributed by atoms with Crippen molar-refractivity contribution >= 4 is 12.0 Å². The highest BCUT2D eigenvalue weighted by Crippen LogP contribution is 2.33. The van der Waals surface area contributed by atoms with Crippen molar-refractivity contribution < 1.29 is 28.2 Å². The molecule has 7 nitrogen and oxygen atoms in total. The second kappa shape index (κ2) is 7.05. The van der Waals surface area contributed by atoms with Crippen molar-refractivity contribution in [2.24, 2.45) is 0 Å². The summed E-state index contributed by atoms with van der Waals surface area (Å²) in [5.41, 5.74) is -0.248. The zero-order chi connectivity index (χ0) is 18.7. The average molecular weight is 367 g/mol. The standard InChI is InChI=1S/C20H17NO6/c22-19(6-4-14-3-5-16-17(10-14)27-13-26-16)21-12-20(23,15-7-9-24-11-15)18-2-1-8-25-18/h1-11,23H,12-13H2,(H,21,22)/b6-4+. The first-order valence-corrected chi connectivity index (χ1v) is 8.30. The SMILES string of the molecule is O=C(/C=C/c1ccc2c(c1)OCO2)NCC(O)(c1ccoc1)c1ccco1. The Morgan fingerprint density at radius 1 is 1.19 bits per heavy atom. The van der Waals surface area contributed by atoms with Gasteiger partial charge < -0.3 is 28.7 Å². The third kappa shape index (κ3) is 3.45. The van der Waals surface area contributed by atoms with Crippen LogP contribution < -0.4 is 14.8 Å². The molecule has 1 atom stereocenters. The topological polar surface area (TPSA) is 94.1 Å². The van der Waals surface area contributed by atoms with Crippen LogP contribution in [0.15, 0.2) is 70.1 Å². The lowest BCUT2D eigenvalue weighted by Crippen LogP contribution is -2.40. The molecule has 1 unspecified atom stereocenters. The summed E-state index contributed by atoms with van der Waals surface area (Å²) in [6.45, 7) is 0.118. The van der Waals surface area contributed by atoms with Crippen LogP contribution in [0.4, 0.5) is 0 Å². The normalized spacial score (nSPS) is 15.0. The predicted molar refractivity (Wildman–Crippen MR) is 95.0 cm³/mol. The number of benzene rings is 1. The summed E-state index contributed by atoms with van der Waals surface area (Å²) in [5.74, 6) is 1.27. The molecule has 138 valence electrons. The van der Waals surface area contributed by atoms with Crippen LogP contribution in [-0.2, 0) is 10.4 Å². The van der Waals surface area contributed by atoms with Crippen LogP contribution in [0, 0.1) is 0 Å². The van der Waals surface area contributed by atoms with E-state index in [2.05, 4.69) is 5.32 Å². The molecule has 1 aliphatic heterocycles. The number of fused-ring (bicyclic) bond motifs is 1. The molecule has 1 amide bonds. The Hall–Kier alpha value is -3.45. The lowest BCUT2D eigenvalue weighted by Gasteiger charge is -2.24. The summed E-state index contributed by atoms with van der Waals surface area (Å²) in [4.78, 5) is 12.2. The fraction of sp³-hybridized carbons (Fsp3) is 0.150. The minimum absolute atomic E-state index is 0.0790. The van der Waals surface area contributed by atoms with Gasteiger partial charge in [0.1, 0.15) is 5.76 Å². The lowest BCUT2D eigenvalue weighted by molar-refractivity contribution is -0.117. The van der Waals surface area contributed by atoms with Crippen LogP contribution in [0.3, 0.4) is 0 Å². The van der Waals surface area contributed by atoms with E-state index in [-0.39, 0.29) is 19.2 Å². The molecule has 27 heavy (non-hydrogen) atoms. The monoisotopic (exact) mass is 367 g/mol. The highest BCUT2D eigenvalue weighted by atomic mass is 16.7. The van der Waals surface area contributed by atoms with Crippen LogP contribution in [0.25, 0.3) is 6.08 Å². The summed E-state index contributed by atoms with van der Waals surface area (Å²) >= 11 is 0. The van der Waals surface area contributed by atoms with E-state index < -0.39 is 5.60 Å². The molecule has 3 heterocycles. The van der Waals surface area contributed by atoms with E-state index in [9.17, 15) is 9.90 Å². The van der Waals surface area contributed by atoms with Gasteiger partial charge in [-0.1, -0.05) is 6.07 Å². The van der Waals surface area contributed by atoms with Crippen LogP contribution in [-0.4, -0.2) is 24.4 Å². The molecule has 2 N–H and O–H groups in total. The van der Waals surface area contributed by atoms with Gasteiger partial charge in [-0.15, -0.1) is 0 Å². The Bertz CT molecular complexity index is 909. The van der Waals surface area contributed by atoms with Gasteiger partial charge in [0.05, 0.1) is 25.3 Å². The highest BCUT2D eigenvalue weighted by Gasteiger charge is 2.35. The molecule has 3 aromatic rings. The summed E-state index contributed by atoms with van der Waals surface area (Å²) < 4.78 is 21.0. The van der Waals surface area contributed by atoms with Gasteiger partial charge in [0.15, 0.2) is 17.1 Å². The van der Waals surface area contributed by atoms with Gasteiger partial charge in [-0.05, 0) is 42.0 Å². The number of nitrogens with one attached hydrogen (secondary N) is 1. The number of rotatable bonds is 6. The van der Waals surface area contributed by atoms with E-state index in [1.165, 1.54) is 24.9 Å². The molecular weight excluding hydrogens is 350 g/mol. The van der Waals surface area contributed by atoms with Gasteiger partial charge in [0.25, 0.3) is 0 Å². The van der Waals surface area contributed by atoms with Crippen LogP contribution in [0.1, 0.15) is 16.9 Å². The molecule has 0 saturated heterocycles. The van der Waals surface area contributed by atoms with Gasteiger partial charge in [-0.25, -0.2) is 0 Å². The predicted octanol–water partition coefficient (Wildman–Crippen LogP) is 2.67. The maximum absolute atomic E-state index is 12.2. The molecule has 1 aromatic carbocycles. The smallest absolute Gasteiger partial charge is 0.244 e. The van der Waals surface area contributed by atoms with Crippen molar-refractivity contribution in [1.82, 2.24) is 5.32 Å². The third-order valence-corrected chi connectivity index (χ3v) is 4.27. The van der Waals surface area contributed by atoms with Crippen molar-refractivity contribution in [1.29, 1.82) is 0 Å². The first-order chi connectivity index (χ1) is 13.1. The molecule has 0 fully saturated rings. The molecule has 0 radical (unpaired) electrons. The minimum atomic E-state index is -1.53. The Morgan fingerprint density at radius 2 is 2.07 bits per heavy atom. The van der Waals surface area contributed by atoms with Gasteiger partial charge >= 0.3 is 0 Å². The lowest BCUT2D eigenvalue weighted by atomic mass is 9.93. The maximum atomic E-state index is 12.2. The van der Waals surface area contributed by atoms with E-state index in [4.69, 9.17) is 18.3 Å². The third-order valence-electron chi connectivity index (χ3n) is 4.27. The van der Waals surface area contributed by atoms with Crippen LogP contribution in [0.2, 0.25) is 0 Å². The number of hydrogen-bond donors (Lipinski definition) is 2. The fourth-order valence-electron chi connectivity index (χ4n) is 2.81. The average Bonchev–Trinajstić information content (AvgIpc) is 3.45. The Labute approximate surface area is 154 Å². The van der Waals surface area contributed by atoms with Gasteiger partial charge in [0, 0.05) is 11.6 Å². The maximum Gasteiger partial charge on any atom is 0.244 e. The molecule has 2 aromatic heterocycles. The molecule has 7 heteroatoms. The number of amides is 1. The summed E-state index contributed by atoms with van der Waals surface area (Å²) in [6.07, 6.45) is 7.36. The molecule has 0 aliphatic carbocycles. The largest absolute Gasteiger partial charge is 0.472 e. The zero-order valence-electron chi connectivity index (χ0n) is 14.3. The second-order valence-electron chi connectivity index (χ2n) is 6.01. The Kier molecular flexibility index (Phi) is 4.43. The highest BCUT2D eigenvalue weighted by molar-refractivity contribution is 5.91. The van der Waals surface area contributed by atoms with Crippen molar-refractivity contribution in [3.8, 4) is 11.5 Å². The first-order valence-electron chi connectivity index (χ1n) is 8.30. The Morgan fingerprint density at radius 3 is 2.85 bits per heavy atom. The van der Waals surface area contributed by atoms with E-state index in [0.29, 0.717) is 22.8 Å². The molecule has 0 bridgehead atoms. The molecule has 1 aliphatic rings. The van der Waals surface area contributed by atoms with Crippen molar-refractivity contribution in [2.45, 2.75) is 5.60 Å². The number of carbonyl (C=O) groups is 1. The molecule has 4 rings (SSSR count). The van der Waals surface area contributed by atoms with E-state index in [1.807, 2.05) is 6.07 Å². The van der Waals surface area contributed by atoms with Gasteiger partial charge in [-0.3, -0.25) is 4.79 Å². The number of ether oxygens (including phenoxy) is 2. The van der Waals surface area contributed by atoms with E-state index in [1.54, 1.807) is 36.4 Å². The van der Waals surface area contributed by atoms with Gasteiger partial charge in [-0.2, -0.15) is 0 Å². The summed E-state index contributed by atoms with van der Waals surface area (Å²) in [6, 6.07) is 10.3. The molecule has 0 spiro atoms. The summed E-state index contributed by atoms with van der Waals surface area (Å²) in [7, 11) is 0. The minimum Gasteiger partial charge on any atom is -0.472 e. The summed E-state index contributed by atoms with van der Waals surface area (Å²) in [5, 5.41) is 13.7. The number of aliphatic hydroxyl groups is 1. The number of hydrogen-bond acceptors (Lipinski definition) is 6. The van der Waals surface area contributed by atoms with E-state index >= 15 is 0 Å². The van der Waals surface area contributed by atoms with Crippen LogP contribution >= 0.6 is 0 Å². The number of furan rings is 2. The zero-order valence-corrected chi connectivity index (χ0v) is 14.3. The second-order valence-corrected chi connectivity index (χ2v) is 6.01. The van der Waals surface area contributed by atoms with Crippen molar-refractivity contribution in [3.63, 3.8) is 0 Å². The molecular formula is C20H17NO6. The van der Waals surface area contributed by atoms with E-state index in [0.717, 1.165) is 5.56 Å². The van der Waals surface area contributed by atoms with Crippen LogP contribution in [0.5, 0.6) is 11.5 Å². The number of carbonyl (C=O) groups excluding carboxylic acids is 1. The molecule has 0 saturated carbocycles. The fourth-order valence-corrected chi connectivity index (χ4v) is 2.81. The Balaban J connectivity index is 1.44. The van der Waals surface area contributed by atoms with Crippen molar-refractivity contribution in [3.05, 3.63) is 78.2 Å². The van der Waals surface area contributed by atoms with Gasteiger partial charge in [0.2, 0.25) is 12.7 Å². The quantitative estimate of drug-likeness (QED) is 0.651. The van der Waals surface area contributed by atoms with Crippen molar-refractivity contribution in [2.75, 3.05) is 13.3 Å².